The zero-order valence-electron chi connectivity index (χ0n) is 11.4. The molecule has 1 saturated heterocycles. The highest BCUT2D eigenvalue weighted by Gasteiger charge is 2.18. The number of hydrogen-bond donors (Lipinski definition) is 1. The first-order valence-electron chi connectivity index (χ1n) is 6.68. The molecule has 114 valence electrons. The van der Waals surface area contributed by atoms with Crippen LogP contribution in [0.4, 0.5) is 0 Å². The van der Waals surface area contributed by atoms with Gasteiger partial charge in [0.15, 0.2) is 6.61 Å². The summed E-state index contributed by atoms with van der Waals surface area (Å²) in [6.07, 6.45) is 2.05. The van der Waals surface area contributed by atoms with Gasteiger partial charge in [-0.1, -0.05) is 23.2 Å². The number of benzene rings is 1. The van der Waals surface area contributed by atoms with Gasteiger partial charge in [0.05, 0.1) is 11.6 Å². The Morgan fingerprint density at radius 2 is 1.95 bits per heavy atom. The van der Waals surface area contributed by atoms with Gasteiger partial charge in [0, 0.05) is 24.2 Å². The molecule has 0 saturated carbocycles. The Morgan fingerprint density at radius 3 is 2.67 bits per heavy atom. The average molecular weight is 331 g/mol. The van der Waals surface area contributed by atoms with E-state index in [-0.39, 0.29) is 25.0 Å². The van der Waals surface area contributed by atoms with E-state index in [1.54, 1.807) is 17.0 Å². The van der Waals surface area contributed by atoms with Crippen LogP contribution in [0.5, 0.6) is 5.75 Å². The lowest BCUT2D eigenvalue weighted by atomic mass is 10.3. The minimum Gasteiger partial charge on any atom is -0.482 e. The van der Waals surface area contributed by atoms with Crippen LogP contribution in [0.15, 0.2) is 18.2 Å². The number of carbonyl (C=O) groups excluding carboxylic acids is 2. The lowest BCUT2D eigenvalue weighted by Gasteiger charge is -2.15. The van der Waals surface area contributed by atoms with E-state index in [1.165, 1.54) is 6.07 Å². The number of likely N-dealkylation sites (tertiary alicyclic amines) is 1. The van der Waals surface area contributed by atoms with E-state index in [1.807, 2.05) is 0 Å². The topological polar surface area (TPSA) is 58.6 Å². The summed E-state index contributed by atoms with van der Waals surface area (Å²) in [6.45, 7) is 1.31. The molecule has 1 N–H and O–H groups in total. The van der Waals surface area contributed by atoms with Crippen LogP contribution in [-0.2, 0) is 9.59 Å². The molecule has 0 radical (unpaired) electrons. The quantitative estimate of drug-likeness (QED) is 0.899. The molecule has 1 aliphatic rings. The van der Waals surface area contributed by atoms with E-state index in [0.29, 0.717) is 15.8 Å². The SMILES string of the molecule is O=C(COc1cc(Cl)ccc1Cl)NCC(=O)N1CCCC1. The Kier molecular flexibility index (Phi) is 5.70. The number of amides is 2. The summed E-state index contributed by atoms with van der Waals surface area (Å²) in [5.41, 5.74) is 0. The molecule has 1 heterocycles. The summed E-state index contributed by atoms with van der Waals surface area (Å²) in [6, 6.07) is 4.76. The Bertz CT molecular complexity index is 531. The molecule has 0 atom stereocenters. The Balaban J connectivity index is 1.74. The van der Waals surface area contributed by atoms with Crippen molar-refractivity contribution in [3.63, 3.8) is 0 Å². The molecule has 0 aromatic heterocycles. The van der Waals surface area contributed by atoms with Gasteiger partial charge in [-0.2, -0.15) is 0 Å². The van der Waals surface area contributed by atoms with E-state index < -0.39 is 0 Å². The molecule has 0 spiro atoms. The van der Waals surface area contributed by atoms with Crippen molar-refractivity contribution in [2.75, 3.05) is 26.2 Å². The van der Waals surface area contributed by atoms with E-state index in [0.717, 1.165) is 25.9 Å². The number of nitrogens with one attached hydrogen (secondary N) is 1. The standard InChI is InChI=1S/C14H16Cl2N2O3/c15-10-3-4-11(16)12(7-10)21-9-13(19)17-8-14(20)18-5-1-2-6-18/h3-4,7H,1-2,5-6,8-9H2,(H,17,19). The van der Waals surface area contributed by atoms with Gasteiger partial charge < -0.3 is 15.0 Å². The highest BCUT2D eigenvalue weighted by molar-refractivity contribution is 6.34. The third-order valence-electron chi connectivity index (χ3n) is 3.15. The van der Waals surface area contributed by atoms with Crippen LogP contribution in [0.1, 0.15) is 12.8 Å². The first kappa shape index (κ1) is 15.9. The van der Waals surface area contributed by atoms with Gasteiger partial charge in [-0.05, 0) is 25.0 Å². The third-order valence-corrected chi connectivity index (χ3v) is 3.69. The van der Waals surface area contributed by atoms with Gasteiger partial charge in [0.2, 0.25) is 5.91 Å². The van der Waals surface area contributed by atoms with Gasteiger partial charge in [0.1, 0.15) is 5.75 Å². The second kappa shape index (κ2) is 7.52. The fourth-order valence-corrected chi connectivity index (χ4v) is 2.37. The first-order chi connectivity index (χ1) is 10.1. The molecule has 1 aromatic carbocycles. The zero-order valence-corrected chi connectivity index (χ0v) is 12.9. The molecule has 2 rings (SSSR count). The van der Waals surface area contributed by atoms with E-state index in [2.05, 4.69) is 5.32 Å². The Labute approximate surface area is 133 Å². The number of carbonyl (C=O) groups is 2. The van der Waals surface area contributed by atoms with Gasteiger partial charge in [0.25, 0.3) is 5.91 Å². The maximum atomic E-state index is 11.8. The van der Waals surface area contributed by atoms with E-state index in [9.17, 15) is 9.59 Å². The molecular formula is C14H16Cl2N2O3. The number of nitrogens with zero attached hydrogens (tertiary/aromatic N) is 1. The molecule has 5 nitrogen and oxygen atoms in total. The smallest absolute Gasteiger partial charge is 0.258 e. The average Bonchev–Trinajstić information content (AvgIpc) is 3.00. The molecule has 21 heavy (non-hydrogen) atoms. The summed E-state index contributed by atoms with van der Waals surface area (Å²) in [5, 5.41) is 3.38. The van der Waals surface area contributed by atoms with Crippen molar-refractivity contribution in [2.24, 2.45) is 0 Å². The van der Waals surface area contributed by atoms with E-state index in [4.69, 9.17) is 27.9 Å². The summed E-state index contributed by atoms with van der Waals surface area (Å²) < 4.78 is 5.28. The maximum Gasteiger partial charge on any atom is 0.258 e. The molecular weight excluding hydrogens is 315 g/mol. The lowest BCUT2D eigenvalue weighted by molar-refractivity contribution is -0.132. The van der Waals surface area contributed by atoms with Gasteiger partial charge in [-0.25, -0.2) is 0 Å². The van der Waals surface area contributed by atoms with Crippen molar-refractivity contribution in [1.82, 2.24) is 10.2 Å². The van der Waals surface area contributed by atoms with E-state index >= 15 is 0 Å². The maximum absolute atomic E-state index is 11.8. The van der Waals surface area contributed by atoms with Crippen LogP contribution in [-0.4, -0.2) is 43.0 Å². The van der Waals surface area contributed by atoms with Crippen LogP contribution in [0.3, 0.4) is 0 Å². The molecule has 1 fully saturated rings. The van der Waals surface area contributed by atoms with Crippen molar-refractivity contribution < 1.29 is 14.3 Å². The lowest BCUT2D eigenvalue weighted by Crippen LogP contribution is -2.40. The number of hydrogen-bond acceptors (Lipinski definition) is 3. The Hall–Kier alpha value is -1.46. The zero-order chi connectivity index (χ0) is 15.2. The fourth-order valence-electron chi connectivity index (χ4n) is 2.03. The van der Waals surface area contributed by atoms with Crippen LogP contribution < -0.4 is 10.1 Å². The van der Waals surface area contributed by atoms with Crippen LogP contribution in [0.25, 0.3) is 0 Å². The second-order valence-corrected chi connectivity index (χ2v) is 5.57. The van der Waals surface area contributed by atoms with Gasteiger partial charge in [-0.15, -0.1) is 0 Å². The van der Waals surface area contributed by atoms with Crippen molar-refractivity contribution in [3.8, 4) is 5.75 Å². The van der Waals surface area contributed by atoms with Gasteiger partial charge in [-0.3, -0.25) is 9.59 Å². The number of rotatable bonds is 5. The molecule has 2 amide bonds. The van der Waals surface area contributed by atoms with Crippen LogP contribution in [0.2, 0.25) is 10.0 Å². The van der Waals surface area contributed by atoms with Crippen LogP contribution >= 0.6 is 23.2 Å². The molecule has 0 unspecified atom stereocenters. The minimum absolute atomic E-state index is 0.00846. The van der Waals surface area contributed by atoms with Crippen molar-refractivity contribution >= 4 is 35.0 Å². The molecule has 0 bridgehead atoms. The predicted molar refractivity (Wildman–Crippen MR) is 80.8 cm³/mol. The minimum atomic E-state index is -0.376. The highest BCUT2D eigenvalue weighted by atomic mass is 35.5. The van der Waals surface area contributed by atoms with Crippen molar-refractivity contribution in [3.05, 3.63) is 28.2 Å². The summed E-state index contributed by atoms with van der Waals surface area (Å²) in [5.74, 6) is -0.106. The third kappa shape index (κ3) is 4.79. The fraction of sp³-hybridized carbons (Fsp3) is 0.429. The second-order valence-electron chi connectivity index (χ2n) is 4.73. The highest BCUT2D eigenvalue weighted by Crippen LogP contribution is 2.27. The van der Waals surface area contributed by atoms with Crippen molar-refractivity contribution in [2.45, 2.75) is 12.8 Å². The molecule has 7 heteroatoms. The van der Waals surface area contributed by atoms with Crippen LogP contribution in [0, 0.1) is 0 Å². The van der Waals surface area contributed by atoms with Crippen molar-refractivity contribution in [1.29, 1.82) is 0 Å². The Morgan fingerprint density at radius 1 is 1.24 bits per heavy atom. The monoisotopic (exact) mass is 330 g/mol. The van der Waals surface area contributed by atoms with Gasteiger partial charge >= 0.3 is 0 Å². The normalized spacial score (nSPS) is 14.1. The predicted octanol–water partition coefficient (Wildman–Crippen LogP) is 2.11. The largest absolute Gasteiger partial charge is 0.482 e. The molecule has 0 aliphatic carbocycles. The molecule has 1 aliphatic heterocycles. The first-order valence-corrected chi connectivity index (χ1v) is 7.44. The summed E-state index contributed by atoms with van der Waals surface area (Å²) >= 11 is 11.7. The molecule has 1 aromatic rings. The number of ether oxygens (including phenoxy) is 1. The summed E-state index contributed by atoms with van der Waals surface area (Å²) in [7, 11) is 0. The summed E-state index contributed by atoms with van der Waals surface area (Å²) in [4.78, 5) is 25.1. The number of halogens is 2.